The van der Waals surface area contributed by atoms with Crippen molar-refractivity contribution in [2.24, 2.45) is 0 Å². The Morgan fingerprint density at radius 2 is 1.66 bits per heavy atom. The molecule has 0 unspecified atom stereocenters. The Balaban J connectivity index is 1.64. The third kappa shape index (κ3) is 5.51. The Bertz CT molecular complexity index is 984. The van der Waals surface area contributed by atoms with E-state index >= 15 is 0 Å². The second kappa shape index (κ2) is 9.64. The molecule has 2 amide bonds. The third-order valence-corrected chi connectivity index (χ3v) is 4.63. The number of amides is 2. The van der Waals surface area contributed by atoms with Crippen LogP contribution in [0.15, 0.2) is 72.9 Å². The van der Waals surface area contributed by atoms with E-state index in [2.05, 4.69) is 29.5 Å². The summed E-state index contributed by atoms with van der Waals surface area (Å²) in [4.78, 5) is 29.2. The average molecular weight is 387 g/mol. The molecule has 148 valence electrons. The molecule has 0 radical (unpaired) electrons. The minimum Gasteiger partial charge on any atom is -0.352 e. The van der Waals surface area contributed by atoms with Crippen LogP contribution in [0.4, 0.5) is 5.69 Å². The molecule has 0 fully saturated rings. The van der Waals surface area contributed by atoms with Gasteiger partial charge in [0.15, 0.2) is 0 Å². The first-order valence-corrected chi connectivity index (χ1v) is 9.73. The summed E-state index contributed by atoms with van der Waals surface area (Å²) in [7, 11) is 0. The van der Waals surface area contributed by atoms with E-state index in [1.807, 2.05) is 54.6 Å². The molecule has 0 bridgehead atoms. The van der Waals surface area contributed by atoms with Crippen molar-refractivity contribution >= 4 is 17.5 Å². The van der Waals surface area contributed by atoms with Gasteiger partial charge in [-0.05, 0) is 41.7 Å². The molecular formula is C24H25N3O2. The van der Waals surface area contributed by atoms with Gasteiger partial charge in [-0.1, -0.05) is 62.4 Å². The Kier molecular flexibility index (Phi) is 6.74. The quantitative estimate of drug-likeness (QED) is 0.630. The number of hydrogen-bond acceptors (Lipinski definition) is 3. The molecule has 29 heavy (non-hydrogen) atoms. The number of carbonyl (C=O) groups excluding carboxylic acids is 2. The highest BCUT2D eigenvalue weighted by Gasteiger charge is 2.14. The van der Waals surface area contributed by atoms with Crippen molar-refractivity contribution in [3.8, 4) is 0 Å². The van der Waals surface area contributed by atoms with Gasteiger partial charge in [-0.2, -0.15) is 0 Å². The van der Waals surface area contributed by atoms with Gasteiger partial charge in [0.05, 0.1) is 0 Å². The highest BCUT2D eigenvalue weighted by Crippen LogP contribution is 2.24. The molecule has 0 saturated heterocycles. The number of benzene rings is 2. The molecule has 5 heteroatoms. The highest BCUT2D eigenvalue weighted by atomic mass is 16.2. The number of nitrogens with one attached hydrogen (secondary N) is 2. The van der Waals surface area contributed by atoms with Crippen LogP contribution < -0.4 is 10.6 Å². The molecule has 3 rings (SSSR count). The van der Waals surface area contributed by atoms with E-state index in [0.717, 1.165) is 23.2 Å². The fourth-order valence-electron chi connectivity index (χ4n) is 3.06. The average Bonchev–Trinajstić information content (AvgIpc) is 2.74. The summed E-state index contributed by atoms with van der Waals surface area (Å²) in [6.07, 6.45) is 2.23. The van der Waals surface area contributed by atoms with Gasteiger partial charge in [-0.15, -0.1) is 0 Å². The molecule has 1 aromatic heterocycles. The highest BCUT2D eigenvalue weighted by molar-refractivity contribution is 6.05. The van der Waals surface area contributed by atoms with Crippen LogP contribution >= 0.6 is 0 Å². The Labute approximate surface area is 171 Å². The molecule has 2 aromatic carbocycles. The monoisotopic (exact) mass is 387 g/mol. The number of anilines is 1. The number of nitrogens with zero attached hydrogens (tertiary/aromatic N) is 1. The van der Waals surface area contributed by atoms with Crippen LogP contribution in [0, 0.1) is 0 Å². The predicted molar refractivity (Wildman–Crippen MR) is 115 cm³/mol. The van der Waals surface area contributed by atoms with Crippen molar-refractivity contribution in [1.82, 2.24) is 10.3 Å². The van der Waals surface area contributed by atoms with Crippen LogP contribution in [0.5, 0.6) is 0 Å². The van der Waals surface area contributed by atoms with Crippen LogP contribution in [0.1, 0.15) is 51.7 Å². The van der Waals surface area contributed by atoms with E-state index in [4.69, 9.17) is 0 Å². The Morgan fingerprint density at radius 1 is 0.931 bits per heavy atom. The third-order valence-electron chi connectivity index (χ3n) is 4.63. The van der Waals surface area contributed by atoms with E-state index in [0.29, 0.717) is 12.1 Å². The second-order valence-corrected chi connectivity index (χ2v) is 7.12. The van der Waals surface area contributed by atoms with Crippen molar-refractivity contribution < 1.29 is 9.59 Å². The summed E-state index contributed by atoms with van der Waals surface area (Å²) in [5.74, 6) is -0.279. The zero-order valence-corrected chi connectivity index (χ0v) is 16.7. The zero-order valence-electron chi connectivity index (χ0n) is 16.7. The number of aromatic nitrogens is 1. The zero-order chi connectivity index (χ0) is 20.6. The Morgan fingerprint density at radius 3 is 2.41 bits per heavy atom. The van der Waals surface area contributed by atoms with Crippen molar-refractivity contribution in [2.45, 2.75) is 26.2 Å². The maximum absolute atomic E-state index is 12.7. The summed E-state index contributed by atoms with van der Waals surface area (Å²) in [5.41, 5.74) is 3.59. The molecule has 0 saturated carbocycles. The number of hydrogen-bond donors (Lipinski definition) is 2. The largest absolute Gasteiger partial charge is 0.352 e. The van der Waals surface area contributed by atoms with Gasteiger partial charge >= 0.3 is 0 Å². The van der Waals surface area contributed by atoms with Crippen molar-refractivity contribution in [1.29, 1.82) is 0 Å². The van der Waals surface area contributed by atoms with Crippen molar-refractivity contribution in [2.75, 3.05) is 11.9 Å². The molecule has 0 aliphatic heterocycles. The number of carbonyl (C=O) groups is 2. The minimum absolute atomic E-state index is 0.208. The lowest BCUT2D eigenvalue weighted by molar-refractivity contribution is 0.0954. The summed E-state index contributed by atoms with van der Waals surface area (Å²) < 4.78 is 0. The summed E-state index contributed by atoms with van der Waals surface area (Å²) in [5, 5.41) is 5.79. The normalized spacial score (nSPS) is 10.6. The first-order valence-electron chi connectivity index (χ1n) is 9.73. The lowest BCUT2D eigenvalue weighted by atomic mass is 10.0. The van der Waals surface area contributed by atoms with Gasteiger partial charge in [-0.3, -0.25) is 14.6 Å². The molecule has 0 atom stereocenters. The Hall–Kier alpha value is -3.47. The van der Waals surface area contributed by atoms with Gasteiger partial charge in [0.1, 0.15) is 5.69 Å². The summed E-state index contributed by atoms with van der Waals surface area (Å²) >= 11 is 0. The van der Waals surface area contributed by atoms with Crippen LogP contribution in [0.3, 0.4) is 0 Å². The smallest absolute Gasteiger partial charge is 0.274 e. The van der Waals surface area contributed by atoms with E-state index in [-0.39, 0.29) is 23.4 Å². The molecular weight excluding hydrogens is 362 g/mol. The lowest BCUT2D eigenvalue weighted by Crippen LogP contribution is -2.26. The standard InChI is InChI=1S/C24H25N3O2/c1-17(2)20-10-6-7-11-21(20)27-24(29)22-16-19(13-15-25-22)23(28)26-14-12-18-8-4-3-5-9-18/h3-11,13,15-17H,12,14H2,1-2H3,(H,26,28)(H,27,29). The van der Waals surface area contributed by atoms with E-state index in [1.165, 1.54) is 12.3 Å². The molecule has 0 aliphatic carbocycles. The fourth-order valence-corrected chi connectivity index (χ4v) is 3.06. The maximum Gasteiger partial charge on any atom is 0.274 e. The molecule has 3 aromatic rings. The van der Waals surface area contributed by atoms with E-state index in [1.54, 1.807) is 6.07 Å². The fraction of sp³-hybridized carbons (Fsp3) is 0.208. The van der Waals surface area contributed by atoms with Crippen LogP contribution in [0.25, 0.3) is 0 Å². The molecule has 0 spiro atoms. The van der Waals surface area contributed by atoms with Gasteiger partial charge in [-0.25, -0.2) is 0 Å². The minimum atomic E-state index is -0.336. The van der Waals surface area contributed by atoms with Gasteiger partial charge < -0.3 is 10.6 Å². The van der Waals surface area contributed by atoms with E-state index in [9.17, 15) is 9.59 Å². The van der Waals surface area contributed by atoms with E-state index < -0.39 is 0 Å². The number of pyridine rings is 1. The molecule has 5 nitrogen and oxygen atoms in total. The number of para-hydroxylation sites is 1. The van der Waals surface area contributed by atoms with Gasteiger partial charge in [0, 0.05) is 24.0 Å². The number of rotatable bonds is 7. The first kappa shape index (κ1) is 20.3. The van der Waals surface area contributed by atoms with Gasteiger partial charge in [0.25, 0.3) is 11.8 Å². The molecule has 2 N–H and O–H groups in total. The lowest BCUT2D eigenvalue weighted by Gasteiger charge is -2.13. The van der Waals surface area contributed by atoms with Crippen LogP contribution in [-0.2, 0) is 6.42 Å². The molecule has 0 aliphatic rings. The summed E-state index contributed by atoms with van der Waals surface area (Å²) in [6, 6.07) is 20.8. The first-order chi connectivity index (χ1) is 14.0. The molecule has 1 heterocycles. The van der Waals surface area contributed by atoms with Crippen LogP contribution in [0.2, 0.25) is 0 Å². The topological polar surface area (TPSA) is 71.1 Å². The predicted octanol–water partition coefficient (Wildman–Crippen LogP) is 4.43. The summed E-state index contributed by atoms with van der Waals surface area (Å²) in [6.45, 7) is 4.67. The van der Waals surface area contributed by atoms with Crippen molar-refractivity contribution in [3.63, 3.8) is 0 Å². The van der Waals surface area contributed by atoms with Gasteiger partial charge in [0.2, 0.25) is 0 Å². The second-order valence-electron chi connectivity index (χ2n) is 7.12. The van der Waals surface area contributed by atoms with Crippen molar-refractivity contribution in [3.05, 3.63) is 95.3 Å². The maximum atomic E-state index is 12.7. The SMILES string of the molecule is CC(C)c1ccccc1NC(=O)c1cc(C(=O)NCCc2ccccc2)ccn1. The van der Waals surface area contributed by atoms with Crippen LogP contribution in [-0.4, -0.2) is 23.3 Å².